The molecule has 2 aromatic rings. The molecule has 1 heterocycles. The first-order valence-corrected chi connectivity index (χ1v) is 7.91. The molecule has 0 saturated heterocycles. The lowest BCUT2D eigenvalue weighted by Crippen LogP contribution is -2.36. The lowest BCUT2D eigenvalue weighted by Gasteiger charge is -2.17. The number of nitrogens with one attached hydrogen (secondary N) is 2. The van der Waals surface area contributed by atoms with Crippen molar-refractivity contribution in [3.63, 3.8) is 0 Å². The van der Waals surface area contributed by atoms with Gasteiger partial charge in [0.15, 0.2) is 11.5 Å². The zero-order chi connectivity index (χ0) is 16.8. The van der Waals surface area contributed by atoms with Crippen molar-refractivity contribution in [2.75, 3.05) is 14.2 Å². The van der Waals surface area contributed by atoms with Gasteiger partial charge in [-0.1, -0.05) is 6.07 Å². The normalized spacial score (nSPS) is 11.7. The van der Waals surface area contributed by atoms with E-state index in [1.807, 2.05) is 17.5 Å². The quantitative estimate of drug-likeness (QED) is 0.848. The van der Waals surface area contributed by atoms with Crippen LogP contribution in [0.1, 0.15) is 23.4 Å². The fraction of sp³-hybridized carbons (Fsp3) is 0.312. The Labute approximate surface area is 138 Å². The summed E-state index contributed by atoms with van der Waals surface area (Å²) in [7, 11) is 2.92. The molecule has 2 amide bonds. The van der Waals surface area contributed by atoms with Crippen LogP contribution in [0.3, 0.4) is 0 Å². The molecule has 0 spiro atoms. The topological polar surface area (TPSA) is 59.6 Å². The van der Waals surface area contributed by atoms with Gasteiger partial charge in [-0.2, -0.15) is 0 Å². The summed E-state index contributed by atoms with van der Waals surface area (Å²) in [6, 6.07) is 5.75. The number of rotatable bonds is 6. The van der Waals surface area contributed by atoms with Gasteiger partial charge in [0.1, 0.15) is 5.82 Å². The van der Waals surface area contributed by atoms with Crippen LogP contribution in [0.4, 0.5) is 9.18 Å². The Morgan fingerprint density at radius 3 is 2.61 bits per heavy atom. The van der Waals surface area contributed by atoms with E-state index in [9.17, 15) is 9.18 Å². The predicted molar refractivity (Wildman–Crippen MR) is 87.6 cm³/mol. The molecule has 0 radical (unpaired) electrons. The Balaban J connectivity index is 2.02. The van der Waals surface area contributed by atoms with E-state index in [-0.39, 0.29) is 6.03 Å². The number of methoxy groups -OCH3 is 2. The molecule has 124 valence electrons. The molecule has 1 atom stereocenters. The smallest absolute Gasteiger partial charge is 0.315 e. The summed E-state index contributed by atoms with van der Waals surface area (Å²) in [5, 5.41) is 7.39. The van der Waals surface area contributed by atoms with Crippen LogP contribution < -0.4 is 20.1 Å². The van der Waals surface area contributed by atoms with E-state index in [1.54, 1.807) is 18.3 Å². The summed E-state index contributed by atoms with van der Waals surface area (Å²) < 4.78 is 24.4. The van der Waals surface area contributed by atoms with Gasteiger partial charge >= 0.3 is 6.03 Å². The van der Waals surface area contributed by atoms with Crippen molar-refractivity contribution in [3.8, 4) is 11.5 Å². The van der Waals surface area contributed by atoms with Gasteiger partial charge in [0.25, 0.3) is 0 Å². The molecule has 0 bridgehead atoms. The molecule has 23 heavy (non-hydrogen) atoms. The van der Waals surface area contributed by atoms with Crippen LogP contribution in [0.2, 0.25) is 0 Å². The molecule has 5 nitrogen and oxygen atoms in total. The van der Waals surface area contributed by atoms with Crippen molar-refractivity contribution in [1.82, 2.24) is 10.6 Å². The molecule has 1 aromatic heterocycles. The minimum absolute atomic E-state index is 0.308. The number of ether oxygens (including phenoxy) is 2. The van der Waals surface area contributed by atoms with E-state index >= 15 is 0 Å². The van der Waals surface area contributed by atoms with Gasteiger partial charge in [0.05, 0.1) is 26.8 Å². The van der Waals surface area contributed by atoms with Crippen molar-refractivity contribution in [2.24, 2.45) is 0 Å². The van der Waals surface area contributed by atoms with Gasteiger partial charge in [0, 0.05) is 16.5 Å². The van der Waals surface area contributed by atoms with Gasteiger partial charge in [-0.3, -0.25) is 0 Å². The number of carbonyl (C=O) groups excluding carboxylic acids is 1. The van der Waals surface area contributed by atoms with E-state index in [2.05, 4.69) is 10.6 Å². The highest BCUT2D eigenvalue weighted by molar-refractivity contribution is 7.09. The number of amides is 2. The predicted octanol–water partition coefficient (Wildman–Crippen LogP) is 3.46. The summed E-state index contributed by atoms with van der Waals surface area (Å²) in [4.78, 5) is 13.0. The Morgan fingerprint density at radius 2 is 2.00 bits per heavy atom. The van der Waals surface area contributed by atoms with Crippen LogP contribution in [0, 0.1) is 5.82 Å². The summed E-state index contributed by atoms with van der Waals surface area (Å²) in [6.45, 7) is 2.14. The first kappa shape index (κ1) is 17.1. The van der Waals surface area contributed by atoms with Crippen molar-refractivity contribution < 1.29 is 18.7 Å². The molecule has 7 heteroatoms. The van der Waals surface area contributed by atoms with Gasteiger partial charge in [-0.15, -0.1) is 11.3 Å². The molecule has 0 unspecified atom stereocenters. The van der Waals surface area contributed by atoms with Crippen molar-refractivity contribution in [2.45, 2.75) is 19.5 Å². The number of carbonyl (C=O) groups is 1. The summed E-state index contributed by atoms with van der Waals surface area (Å²) in [5.74, 6) is 0.258. The van der Waals surface area contributed by atoms with Gasteiger partial charge in [0.2, 0.25) is 0 Å². The van der Waals surface area contributed by atoms with E-state index in [1.165, 1.54) is 26.4 Å². The van der Waals surface area contributed by atoms with Crippen LogP contribution >= 0.6 is 11.3 Å². The lowest BCUT2D eigenvalue weighted by molar-refractivity contribution is 0.237. The Hall–Kier alpha value is -2.28. The third-order valence-electron chi connectivity index (χ3n) is 3.32. The third-order valence-corrected chi connectivity index (χ3v) is 4.20. The Kier molecular flexibility index (Phi) is 5.81. The number of benzene rings is 1. The molecule has 0 aliphatic heterocycles. The maximum atomic E-state index is 14.2. The fourth-order valence-electron chi connectivity index (χ4n) is 2.11. The molecule has 1 aromatic carbocycles. The minimum atomic E-state index is -0.516. The second kappa shape index (κ2) is 7.82. The average Bonchev–Trinajstić information content (AvgIpc) is 3.05. The highest BCUT2D eigenvalue weighted by atomic mass is 32.1. The van der Waals surface area contributed by atoms with Gasteiger partial charge in [-0.05, 0) is 24.4 Å². The number of urea groups is 1. The van der Waals surface area contributed by atoms with Crippen molar-refractivity contribution in [3.05, 3.63) is 45.9 Å². The van der Waals surface area contributed by atoms with Gasteiger partial charge in [-0.25, -0.2) is 9.18 Å². The number of thiophene rings is 1. The second-order valence-electron chi connectivity index (χ2n) is 4.86. The number of hydrogen-bond donors (Lipinski definition) is 2. The summed E-state index contributed by atoms with van der Waals surface area (Å²) in [5.41, 5.74) is 0.328. The second-order valence-corrected chi connectivity index (χ2v) is 5.89. The SMILES string of the molecule is COc1cc(F)c([C@H](C)NC(=O)NCc2cccs2)cc1OC. The maximum Gasteiger partial charge on any atom is 0.315 e. The van der Waals surface area contributed by atoms with E-state index in [0.29, 0.717) is 23.6 Å². The molecule has 0 aliphatic rings. The molecule has 2 rings (SSSR count). The maximum absolute atomic E-state index is 14.2. The summed E-state index contributed by atoms with van der Waals surface area (Å²) >= 11 is 1.56. The molecular formula is C16H19FN2O3S. The van der Waals surface area contributed by atoms with Crippen LogP contribution in [-0.2, 0) is 6.54 Å². The largest absolute Gasteiger partial charge is 0.493 e. The van der Waals surface area contributed by atoms with Crippen molar-refractivity contribution >= 4 is 17.4 Å². The minimum Gasteiger partial charge on any atom is -0.493 e. The van der Waals surface area contributed by atoms with Gasteiger partial charge < -0.3 is 20.1 Å². The monoisotopic (exact) mass is 338 g/mol. The molecule has 2 N–H and O–H groups in total. The van der Waals surface area contributed by atoms with Crippen molar-refractivity contribution in [1.29, 1.82) is 0 Å². The highest BCUT2D eigenvalue weighted by Gasteiger charge is 2.17. The lowest BCUT2D eigenvalue weighted by atomic mass is 10.1. The fourth-order valence-corrected chi connectivity index (χ4v) is 2.75. The standard InChI is InChI=1S/C16H19FN2O3S/c1-10(19-16(20)18-9-11-5-4-6-23-11)12-7-14(21-2)15(22-3)8-13(12)17/h4-8,10H,9H2,1-3H3,(H2,18,19,20)/t10-/m0/s1. The van der Waals surface area contributed by atoms with E-state index in [4.69, 9.17) is 9.47 Å². The average molecular weight is 338 g/mol. The number of hydrogen-bond acceptors (Lipinski definition) is 4. The van der Waals surface area contributed by atoms with E-state index < -0.39 is 11.9 Å². The summed E-state index contributed by atoms with van der Waals surface area (Å²) in [6.07, 6.45) is 0. The number of halogens is 1. The molecule has 0 aliphatic carbocycles. The van der Waals surface area contributed by atoms with E-state index in [0.717, 1.165) is 4.88 Å². The van der Waals surface area contributed by atoms with Crippen LogP contribution in [0.25, 0.3) is 0 Å². The zero-order valence-corrected chi connectivity index (χ0v) is 14.0. The van der Waals surface area contributed by atoms with Crippen LogP contribution in [0.15, 0.2) is 29.6 Å². The third kappa shape index (κ3) is 4.35. The molecule has 0 saturated carbocycles. The Morgan fingerprint density at radius 1 is 1.30 bits per heavy atom. The highest BCUT2D eigenvalue weighted by Crippen LogP contribution is 2.32. The zero-order valence-electron chi connectivity index (χ0n) is 13.2. The molecule has 0 fully saturated rings. The first-order chi connectivity index (χ1) is 11.0. The van der Waals surface area contributed by atoms with Crippen LogP contribution in [-0.4, -0.2) is 20.3 Å². The first-order valence-electron chi connectivity index (χ1n) is 7.03. The molecular weight excluding hydrogens is 319 g/mol. The van der Waals surface area contributed by atoms with Crippen LogP contribution in [0.5, 0.6) is 11.5 Å². The Bertz CT molecular complexity index is 662.